The summed E-state index contributed by atoms with van der Waals surface area (Å²) in [5.74, 6) is 0.938. The van der Waals surface area contributed by atoms with Crippen LogP contribution in [0.15, 0.2) is 109 Å². The molecule has 3 heterocycles. The largest absolute Gasteiger partial charge is 0.294 e. The van der Waals surface area contributed by atoms with Crippen LogP contribution in [0, 0.1) is 6.92 Å². The minimum atomic E-state index is -0.261. The van der Waals surface area contributed by atoms with E-state index in [0.29, 0.717) is 0 Å². The first-order valence-corrected chi connectivity index (χ1v) is 14.3. The quantitative estimate of drug-likeness (QED) is 0.219. The van der Waals surface area contributed by atoms with Gasteiger partial charge in [-0.25, -0.2) is 10.0 Å². The van der Waals surface area contributed by atoms with Crippen LogP contribution < -0.4 is 10.1 Å². The van der Waals surface area contributed by atoms with Crippen molar-refractivity contribution in [1.82, 2.24) is 9.55 Å². The Morgan fingerprint density at radius 2 is 1.44 bits per heavy atom. The summed E-state index contributed by atoms with van der Waals surface area (Å²) in [7, 11) is 0. The number of para-hydroxylation sites is 3. The topological polar surface area (TPSA) is 33.5 Å². The number of aromatic nitrogens is 2. The van der Waals surface area contributed by atoms with Crippen LogP contribution in [0.4, 0.5) is 17.1 Å². The van der Waals surface area contributed by atoms with Gasteiger partial charge in [-0.3, -0.25) is 4.57 Å². The molecular weight excluding hydrogens is 504 g/mol. The first-order valence-electron chi connectivity index (χ1n) is 14.3. The van der Waals surface area contributed by atoms with Gasteiger partial charge < -0.3 is 0 Å². The number of fused-ring (bicyclic) bond motifs is 4. The fourth-order valence-electron chi connectivity index (χ4n) is 5.99. The summed E-state index contributed by atoms with van der Waals surface area (Å²) < 4.78 is 2.29. The summed E-state index contributed by atoms with van der Waals surface area (Å²) in [5.41, 5.74) is 8.85. The van der Waals surface area contributed by atoms with Gasteiger partial charge in [0.2, 0.25) is 0 Å². The van der Waals surface area contributed by atoms with Crippen LogP contribution >= 0.6 is 0 Å². The number of anilines is 3. The maximum absolute atomic E-state index is 6.37. The van der Waals surface area contributed by atoms with Crippen molar-refractivity contribution in [1.29, 1.82) is 0 Å². The molecule has 204 valence electrons. The molecule has 0 unspecified atom stereocenters. The second kappa shape index (κ2) is 9.50. The second-order valence-electron chi connectivity index (χ2n) is 11.7. The minimum absolute atomic E-state index is 0.210. The number of rotatable bonds is 5. The van der Waals surface area contributed by atoms with Crippen LogP contribution in [0.5, 0.6) is 0 Å². The zero-order chi connectivity index (χ0) is 28.3. The molecule has 0 amide bonds. The fraction of sp³-hybridized carbons (Fsp3) is 0.194. The van der Waals surface area contributed by atoms with Crippen molar-refractivity contribution in [3.05, 3.63) is 126 Å². The van der Waals surface area contributed by atoms with Crippen molar-refractivity contribution in [3.8, 4) is 5.82 Å². The van der Waals surface area contributed by atoms with Gasteiger partial charge >= 0.3 is 0 Å². The van der Waals surface area contributed by atoms with E-state index in [1.54, 1.807) is 0 Å². The van der Waals surface area contributed by atoms with E-state index in [9.17, 15) is 0 Å². The third-order valence-corrected chi connectivity index (χ3v) is 8.30. The molecule has 0 radical (unpaired) electrons. The number of hydroxylamine groups is 1. The Morgan fingerprint density at radius 3 is 2.24 bits per heavy atom. The Hall–Kier alpha value is -4.61. The molecular formula is C36H34N4O. The summed E-state index contributed by atoms with van der Waals surface area (Å²) in [6.07, 6.45) is 1.89. The van der Waals surface area contributed by atoms with E-state index in [4.69, 9.17) is 9.92 Å². The van der Waals surface area contributed by atoms with E-state index in [1.165, 1.54) is 27.5 Å². The molecule has 0 atom stereocenters. The molecule has 6 aromatic rings. The maximum atomic E-state index is 6.37. The number of aryl methyl sites for hydroxylation is 1. The number of hydrogen-bond donors (Lipinski definition) is 0. The number of nitrogens with zero attached hydrogens (tertiary/aromatic N) is 4. The molecule has 0 aliphatic carbocycles. The van der Waals surface area contributed by atoms with Crippen molar-refractivity contribution < 1.29 is 4.94 Å². The summed E-state index contributed by atoms with van der Waals surface area (Å²) in [6, 6.07) is 36.9. The van der Waals surface area contributed by atoms with Gasteiger partial charge in [-0.1, -0.05) is 68.4 Å². The SMILES string of the molecule is Cc1ccnc(-n2c3ccccc3c3ccc(C(C)(C)c4cccc(N5ON(C(C)C)c6ccccc65)c4)cc32)c1. The van der Waals surface area contributed by atoms with Gasteiger partial charge in [-0.15, -0.1) is 4.94 Å². The Balaban J connectivity index is 1.34. The number of pyridine rings is 1. The molecule has 41 heavy (non-hydrogen) atoms. The minimum Gasteiger partial charge on any atom is -0.294 e. The molecule has 0 bridgehead atoms. The molecule has 2 aromatic heterocycles. The van der Waals surface area contributed by atoms with E-state index in [0.717, 1.165) is 33.9 Å². The van der Waals surface area contributed by atoms with Crippen LogP contribution in [0.1, 0.15) is 44.4 Å². The molecule has 0 fully saturated rings. The first-order chi connectivity index (χ1) is 19.8. The Bertz CT molecular complexity index is 1920. The van der Waals surface area contributed by atoms with Crippen LogP contribution in [0.3, 0.4) is 0 Å². The highest BCUT2D eigenvalue weighted by atomic mass is 16.8. The molecule has 0 spiro atoms. The van der Waals surface area contributed by atoms with E-state index in [1.807, 2.05) is 22.4 Å². The van der Waals surface area contributed by atoms with Gasteiger partial charge in [0.05, 0.1) is 34.1 Å². The summed E-state index contributed by atoms with van der Waals surface area (Å²) in [6.45, 7) is 11.0. The zero-order valence-corrected chi connectivity index (χ0v) is 24.2. The van der Waals surface area contributed by atoms with E-state index >= 15 is 0 Å². The zero-order valence-electron chi connectivity index (χ0n) is 24.2. The lowest BCUT2D eigenvalue weighted by atomic mass is 9.77. The van der Waals surface area contributed by atoms with Crippen LogP contribution in [0.25, 0.3) is 27.6 Å². The lowest BCUT2D eigenvalue weighted by Gasteiger charge is -2.28. The molecule has 4 aromatic carbocycles. The second-order valence-corrected chi connectivity index (χ2v) is 11.7. The summed E-state index contributed by atoms with van der Waals surface area (Å²) in [4.78, 5) is 11.1. The Labute approximate surface area is 241 Å². The molecule has 5 nitrogen and oxygen atoms in total. The van der Waals surface area contributed by atoms with Gasteiger partial charge in [0.25, 0.3) is 0 Å². The Kier molecular flexibility index (Phi) is 5.87. The first kappa shape index (κ1) is 25.4. The highest BCUT2D eigenvalue weighted by molar-refractivity contribution is 6.09. The third-order valence-electron chi connectivity index (χ3n) is 8.30. The van der Waals surface area contributed by atoms with Gasteiger partial charge in [-0.2, -0.15) is 5.06 Å². The summed E-state index contributed by atoms with van der Waals surface area (Å²) in [5, 5.41) is 6.38. The van der Waals surface area contributed by atoms with Crippen molar-refractivity contribution in [2.45, 2.75) is 46.1 Å². The maximum Gasteiger partial charge on any atom is 0.137 e. The van der Waals surface area contributed by atoms with Crippen LogP contribution in [-0.4, -0.2) is 15.6 Å². The van der Waals surface area contributed by atoms with E-state index in [2.05, 4.69) is 136 Å². The van der Waals surface area contributed by atoms with Gasteiger partial charge in [-0.05, 0) is 86.0 Å². The Morgan fingerprint density at radius 1 is 0.707 bits per heavy atom. The molecule has 7 rings (SSSR count). The molecule has 0 N–H and O–H groups in total. The predicted molar refractivity (Wildman–Crippen MR) is 169 cm³/mol. The van der Waals surface area contributed by atoms with E-state index in [-0.39, 0.29) is 11.5 Å². The molecule has 0 saturated carbocycles. The normalized spacial score (nSPS) is 13.5. The van der Waals surface area contributed by atoms with Crippen LogP contribution in [0.2, 0.25) is 0 Å². The highest BCUT2D eigenvalue weighted by Gasteiger charge is 2.32. The highest BCUT2D eigenvalue weighted by Crippen LogP contribution is 2.44. The fourth-order valence-corrected chi connectivity index (χ4v) is 5.99. The van der Waals surface area contributed by atoms with Crippen molar-refractivity contribution in [2.75, 3.05) is 10.1 Å². The number of benzene rings is 4. The molecule has 0 saturated heterocycles. The smallest absolute Gasteiger partial charge is 0.137 e. The number of hydrogen-bond acceptors (Lipinski definition) is 4. The third kappa shape index (κ3) is 4.08. The monoisotopic (exact) mass is 538 g/mol. The summed E-state index contributed by atoms with van der Waals surface area (Å²) >= 11 is 0. The predicted octanol–water partition coefficient (Wildman–Crippen LogP) is 9.03. The molecule has 1 aliphatic heterocycles. The van der Waals surface area contributed by atoms with Crippen molar-refractivity contribution in [2.24, 2.45) is 0 Å². The van der Waals surface area contributed by atoms with Crippen molar-refractivity contribution >= 4 is 38.9 Å². The average molecular weight is 539 g/mol. The van der Waals surface area contributed by atoms with Gasteiger partial charge in [0.15, 0.2) is 0 Å². The molecule has 1 aliphatic rings. The lowest BCUT2D eigenvalue weighted by molar-refractivity contribution is 0.112. The standard InChI is InChI=1S/C36H34N4O/c1-24(2)39-32-15-8-9-16-33(32)40(41-39)28-12-10-11-26(22-28)36(4,5)27-17-18-30-29-13-6-7-14-31(29)38(34(30)23-27)35-21-25(3)19-20-37-35/h6-24H,1-5H3. The molecule has 5 heteroatoms. The van der Waals surface area contributed by atoms with Crippen LogP contribution in [-0.2, 0) is 10.4 Å². The average Bonchev–Trinajstić information content (AvgIpc) is 3.53. The van der Waals surface area contributed by atoms with E-state index < -0.39 is 0 Å². The van der Waals surface area contributed by atoms with Gasteiger partial charge in [0.1, 0.15) is 5.82 Å². The lowest BCUT2D eigenvalue weighted by Crippen LogP contribution is -2.31. The van der Waals surface area contributed by atoms with Crippen molar-refractivity contribution in [3.63, 3.8) is 0 Å². The van der Waals surface area contributed by atoms with Gasteiger partial charge in [0, 0.05) is 22.4 Å².